The van der Waals surface area contributed by atoms with Crippen LogP contribution in [0.3, 0.4) is 0 Å². The molecule has 0 bridgehead atoms. The molecule has 3 aromatic heterocycles. The van der Waals surface area contributed by atoms with Crippen LogP contribution in [-0.4, -0.2) is 38.7 Å². The van der Waals surface area contributed by atoms with Crippen LogP contribution in [0.15, 0.2) is 52.3 Å². The Bertz CT molecular complexity index is 1220. The van der Waals surface area contributed by atoms with Crippen LogP contribution in [0.4, 0.5) is 0 Å². The van der Waals surface area contributed by atoms with E-state index in [0.29, 0.717) is 23.0 Å². The molecule has 3 heterocycles. The Kier molecular flexibility index (Phi) is 6.98. The third-order valence-electron chi connectivity index (χ3n) is 4.49. The number of amides is 1. The van der Waals surface area contributed by atoms with Crippen molar-refractivity contribution in [3.05, 3.63) is 58.4 Å². The quantitative estimate of drug-likeness (QED) is 0.281. The summed E-state index contributed by atoms with van der Waals surface area (Å²) in [5.41, 5.74) is 7.70. The largest absolute Gasteiger partial charge is 0.465 e. The topological polar surface area (TPSA) is 113 Å². The molecule has 164 valence electrons. The minimum atomic E-state index is -0.367. The Morgan fingerprint density at radius 3 is 2.66 bits per heavy atom. The molecule has 0 unspecified atom stereocenters. The van der Waals surface area contributed by atoms with Gasteiger partial charge in [0.05, 0.1) is 23.2 Å². The number of thiophene rings is 1. The van der Waals surface area contributed by atoms with Crippen molar-refractivity contribution in [2.75, 3.05) is 7.11 Å². The summed E-state index contributed by atoms with van der Waals surface area (Å²) in [7, 11) is 1.36. The van der Waals surface area contributed by atoms with Gasteiger partial charge in [-0.2, -0.15) is 0 Å². The van der Waals surface area contributed by atoms with Gasteiger partial charge in [0, 0.05) is 29.7 Å². The number of nitrogens with two attached hydrogens (primary N) is 1. The number of thiazole rings is 1. The van der Waals surface area contributed by atoms with Crippen molar-refractivity contribution in [1.82, 2.24) is 19.7 Å². The Hall–Kier alpha value is -3.02. The molecule has 0 radical (unpaired) electrons. The van der Waals surface area contributed by atoms with Gasteiger partial charge in [-0.1, -0.05) is 30.0 Å². The number of methoxy groups -OCH3 is 1. The van der Waals surface area contributed by atoms with Gasteiger partial charge in [0.25, 0.3) is 0 Å². The summed E-state index contributed by atoms with van der Waals surface area (Å²) in [5.74, 6) is 0.605. The number of nitrogens with zero attached hydrogens (tertiary/aromatic N) is 4. The number of hydrogen-bond donors (Lipinski definition) is 1. The third-order valence-corrected chi connectivity index (χ3v) is 7.30. The second-order valence-electron chi connectivity index (χ2n) is 6.65. The summed E-state index contributed by atoms with van der Waals surface area (Å²) in [6.45, 7) is 0.423. The Balaban J connectivity index is 1.48. The smallest absolute Gasteiger partial charge is 0.337 e. The number of carbonyl (C=O) groups is 2. The van der Waals surface area contributed by atoms with Crippen LogP contribution < -0.4 is 5.73 Å². The van der Waals surface area contributed by atoms with Crippen LogP contribution in [0.2, 0.25) is 0 Å². The SMILES string of the molecule is COC(=O)c1ccc(-c2nc(CSc3nnc(-c4cccs4)n3CCC(N)=O)cs2)cc1. The fourth-order valence-electron chi connectivity index (χ4n) is 2.92. The highest BCUT2D eigenvalue weighted by molar-refractivity contribution is 7.98. The van der Waals surface area contributed by atoms with Gasteiger partial charge in [-0.15, -0.1) is 32.9 Å². The van der Waals surface area contributed by atoms with E-state index in [9.17, 15) is 9.59 Å². The van der Waals surface area contributed by atoms with Crippen LogP contribution in [-0.2, 0) is 21.8 Å². The Morgan fingerprint density at radius 2 is 1.97 bits per heavy atom. The molecule has 2 N–H and O–H groups in total. The Morgan fingerprint density at radius 1 is 1.16 bits per heavy atom. The van der Waals surface area contributed by atoms with Gasteiger partial charge < -0.3 is 15.0 Å². The first-order chi connectivity index (χ1) is 15.5. The van der Waals surface area contributed by atoms with Crippen LogP contribution in [0, 0.1) is 0 Å². The van der Waals surface area contributed by atoms with Crippen LogP contribution >= 0.6 is 34.4 Å². The molecule has 0 atom stereocenters. The van der Waals surface area contributed by atoms with Gasteiger partial charge in [0.1, 0.15) is 5.01 Å². The van der Waals surface area contributed by atoms with Gasteiger partial charge in [0.2, 0.25) is 5.91 Å². The first-order valence-corrected chi connectivity index (χ1v) is 12.3. The number of ether oxygens (including phenoxy) is 1. The normalized spacial score (nSPS) is 10.9. The third kappa shape index (κ3) is 5.06. The van der Waals surface area contributed by atoms with E-state index in [1.165, 1.54) is 30.2 Å². The second-order valence-corrected chi connectivity index (χ2v) is 9.40. The van der Waals surface area contributed by atoms with E-state index in [-0.39, 0.29) is 18.3 Å². The van der Waals surface area contributed by atoms with Crippen LogP contribution in [0.25, 0.3) is 21.3 Å². The molecule has 0 saturated heterocycles. The summed E-state index contributed by atoms with van der Waals surface area (Å²) in [6, 6.07) is 11.1. The van der Waals surface area contributed by atoms with Crippen LogP contribution in [0.5, 0.6) is 0 Å². The summed E-state index contributed by atoms with van der Waals surface area (Å²) in [6.07, 6.45) is 0.215. The molecule has 0 fully saturated rings. The van der Waals surface area contributed by atoms with Gasteiger partial charge in [-0.05, 0) is 23.6 Å². The number of hydrogen-bond acceptors (Lipinski definition) is 9. The monoisotopic (exact) mass is 485 g/mol. The summed E-state index contributed by atoms with van der Waals surface area (Å²) in [4.78, 5) is 28.6. The molecule has 0 saturated carbocycles. The maximum absolute atomic E-state index is 11.6. The second kappa shape index (κ2) is 10.1. The van der Waals surface area contributed by atoms with Crippen molar-refractivity contribution in [3.8, 4) is 21.3 Å². The van der Waals surface area contributed by atoms with E-state index < -0.39 is 0 Å². The van der Waals surface area contributed by atoms with Crippen LogP contribution in [0.1, 0.15) is 22.5 Å². The van der Waals surface area contributed by atoms with E-state index in [0.717, 1.165) is 27.0 Å². The predicted molar refractivity (Wildman–Crippen MR) is 126 cm³/mol. The molecule has 8 nitrogen and oxygen atoms in total. The molecule has 0 spiro atoms. The number of thioether (sulfide) groups is 1. The molecule has 0 aliphatic heterocycles. The molecule has 32 heavy (non-hydrogen) atoms. The lowest BCUT2D eigenvalue weighted by Gasteiger charge is -2.07. The lowest BCUT2D eigenvalue weighted by Crippen LogP contribution is -2.14. The van der Waals surface area contributed by atoms with E-state index in [1.807, 2.05) is 39.6 Å². The number of esters is 1. The van der Waals surface area contributed by atoms with Crippen molar-refractivity contribution in [2.45, 2.75) is 23.9 Å². The van der Waals surface area contributed by atoms with Gasteiger partial charge in [-0.25, -0.2) is 9.78 Å². The first kappa shape index (κ1) is 22.2. The minimum Gasteiger partial charge on any atom is -0.465 e. The van der Waals surface area contributed by atoms with Crippen molar-refractivity contribution in [2.24, 2.45) is 5.73 Å². The lowest BCUT2D eigenvalue weighted by molar-refractivity contribution is -0.118. The molecular weight excluding hydrogens is 466 g/mol. The van der Waals surface area contributed by atoms with Crippen molar-refractivity contribution in [1.29, 1.82) is 0 Å². The Labute approximate surface area is 196 Å². The highest BCUT2D eigenvalue weighted by Crippen LogP contribution is 2.31. The fraction of sp³-hybridized carbons (Fsp3) is 0.190. The first-order valence-electron chi connectivity index (χ1n) is 9.56. The van der Waals surface area contributed by atoms with E-state index >= 15 is 0 Å². The number of primary amides is 1. The summed E-state index contributed by atoms with van der Waals surface area (Å²) >= 11 is 4.62. The van der Waals surface area contributed by atoms with Crippen molar-refractivity contribution < 1.29 is 14.3 Å². The maximum Gasteiger partial charge on any atom is 0.337 e. The zero-order valence-electron chi connectivity index (χ0n) is 17.1. The zero-order valence-corrected chi connectivity index (χ0v) is 19.5. The highest BCUT2D eigenvalue weighted by Gasteiger charge is 2.17. The molecule has 0 aliphatic carbocycles. The van der Waals surface area contributed by atoms with Crippen molar-refractivity contribution >= 4 is 46.3 Å². The number of aromatic nitrogens is 4. The lowest BCUT2D eigenvalue weighted by atomic mass is 10.1. The highest BCUT2D eigenvalue weighted by atomic mass is 32.2. The van der Waals surface area contributed by atoms with Gasteiger partial charge in [0.15, 0.2) is 11.0 Å². The van der Waals surface area contributed by atoms with E-state index in [1.54, 1.807) is 23.5 Å². The molecule has 4 rings (SSSR count). The minimum absolute atomic E-state index is 0.215. The standard InChI is InChI=1S/C21H19N5O3S3/c1-29-20(28)14-6-4-13(5-7-14)19-23-15(11-31-19)12-32-21-25-24-18(16-3-2-10-30-16)26(21)9-8-17(22)27/h2-7,10-11H,8-9,12H2,1H3,(H2,22,27). The number of rotatable bonds is 9. The molecule has 1 aromatic carbocycles. The van der Waals surface area contributed by atoms with Gasteiger partial charge >= 0.3 is 5.97 Å². The zero-order chi connectivity index (χ0) is 22.5. The fourth-order valence-corrected chi connectivity index (χ4v) is 5.42. The molecule has 0 aliphatic rings. The summed E-state index contributed by atoms with van der Waals surface area (Å²) in [5, 5.41) is 14.2. The number of carbonyl (C=O) groups excluding carboxylic acids is 2. The molecule has 4 aromatic rings. The molecule has 1 amide bonds. The van der Waals surface area contributed by atoms with Gasteiger partial charge in [-0.3, -0.25) is 4.79 Å². The predicted octanol–water partition coefficient (Wildman–Crippen LogP) is 4.08. The van der Waals surface area contributed by atoms with E-state index in [4.69, 9.17) is 15.5 Å². The van der Waals surface area contributed by atoms with Crippen molar-refractivity contribution in [3.63, 3.8) is 0 Å². The average molecular weight is 486 g/mol. The maximum atomic E-state index is 11.6. The molecule has 11 heteroatoms. The van der Waals surface area contributed by atoms with E-state index in [2.05, 4.69) is 10.2 Å². The number of benzene rings is 1. The average Bonchev–Trinajstić information content (AvgIpc) is 3.56. The summed E-state index contributed by atoms with van der Waals surface area (Å²) < 4.78 is 6.66. The molecular formula is C21H19N5O3S3.